The summed E-state index contributed by atoms with van der Waals surface area (Å²) < 4.78 is 1.87. The van der Waals surface area contributed by atoms with Crippen LogP contribution in [0.2, 0.25) is 0 Å². The van der Waals surface area contributed by atoms with E-state index in [0.29, 0.717) is 23.7 Å². The van der Waals surface area contributed by atoms with Gasteiger partial charge >= 0.3 is 0 Å². The Labute approximate surface area is 169 Å². The summed E-state index contributed by atoms with van der Waals surface area (Å²) in [5.41, 5.74) is 20.3. The Hall–Kier alpha value is -3.84. The van der Waals surface area contributed by atoms with Crippen molar-refractivity contribution in [2.75, 3.05) is 16.9 Å². The lowest BCUT2D eigenvalue weighted by Gasteiger charge is -2.10. The number of aromatic nitrogens is 3. The summed E-state index contributed by atoms with van der Waals surface area (Å²) in [6.07, 6.45) is 5.28. The van der Waals surface area contributed by atoms with Crippen LogP contribution in [0.25, 0.3) is 5.69 Å². The number of pyridine rings is 1. The highest BCUT2D eigenvalue weighted by atomic mass is 15.3. The van der Waals surface area contributed by atoms with Crippen LogP contribution < -0.4 is 22.7 Å². The molecule has 0 unspecified atom stereocenters. The molecule has 0 spiro atoms. The first-order valence-corrected chi connectivity index (χ1v) is 9.30. The van der Waals surface area contributed by atoms with E-state index in [1.165, 1.54) is 11.1 Å². The Balaban J connectivity index is 1.55. The fraction of sp³-hybridized carbons (Fsp3) is 0.0909. The van der Waals surface area contributed by atoms with E-state index in [9.17, 15) is 0 Å². The van der Waals surface area contributed by atoms with Gasteiger partial charge < -0.3 is 16.9 Å². The molecule has 0 aliphatic heterocycles. The zero-order valence-electron chi connectivity index (χ0n) is 15.9. The van der Waals surface area contributed by atoms with Crippen molar-refractivity contribution in [3.05, 3.63) is 95.3 Å². The lowest BCUT2D eigenvalue weighted by Crippen LogP contribution is -2.13. The summed E-state index contributed by atoms with van der Waals surface area (Å²) >= 11 is 0. The summed E-state index contributed by atoms with van der Waals surface area (Å²) in [5, 5.41) is 4.51. The molecule has 0 atom stereocenters. The topological polar surface area (TPSA) is 121 Å². The molecule has 4 aromatic rings. The van der Waals surface area contributed by atoms with E-state index in [1.807, 2.05) is 29.2 Å². The summed E-state index contributed by atoms with van der Waals surface area (Å²) in [5.74, 6) is 6.21. The summed E-state index contributed by atoms with van der Waals surface area (Å²) in [6.45, 7) is 0. The standard InChI is InChI=1S/C22H23N7/c23-20-12-18(21(24)22(27-20)28-25)10-17-13-26-29(14-17)19-8-4-7-16(11-19)9-15-5-2-1-3-6-15/h1-8,11-14H,9-10,24-25H2,(H3,23,27,28). The molecule has 4 rings (SSSR count). The predicted molar refractivity (Wildman–Crippen MR) is 116 cm³/mol. The second kappa shape index (κ2) is 8.04. The van der Waals surface area contributed by atoms with E-state index < -0.39 is 0 Å². The highest BCUT2D eigenvalue weighted by Crippen LogP contribution is 2.25. The lowest BCUT2D eigenvalue weighted by atomic mass is 10.0. The molecule has 0 aliphatic carbocycles. The zero-order valence-corrected chi connectivity index (χ0v) is 15.9. The maximum atomic E-state index is 6.13. The molecule has 29 heavy (non-hydrogen) atoms. The van der Waals surface area contributed by atoms with Gasteiger partial charge in [-0.25, -0.2) is 15.5 Å². The highest BCUT2D eigenvalue weighted by Gasteiger charge is 2.10. The number of anilines is 3. The second-order valence-corrected chi connectivity index (χ2v) is 6.92. The van der Waals surface area contributed by atoms with Gasteiger partial charge in [-0.2, -0.15) is 5.10 Å². The van der Waals surface area contributed by atoms with Gasteiger partial charge in [-0.05, 0) is 46.9 Å². The van der Waals surface area contributed by atoms with E-state index in [0.717, 1.165) is 23.2 Å². The Morgan fingerprint density at radius 3 is 2.45 bits per heavy atom. The van der Waals surface area contributed by atoms with Gasteiger partial charge in [-0.1, -0.05) is 42.5 Å². The molecule has 0 saturated carbocycles. The van der Waals surface area contributed by atoms with Crippen LogP contribution >= 0.6 is 0 Å². The number of hydrazine groups is 1. The Morgan fingerprint density at radius 1 is 0.862 bits per heavy atom. The number of benzene rings is 2. The van der Waals surface area contributed by atoms with Gasteiger partial charge in [0.15, 0.2) is 5.82 Å². The van der Waals surface area contributed by atoms with Crippen molar-refractivity contribution < 1.29 is 0 Å². The maximum Gasteiger partial charge on any atom is 0.165 e. The van der Waals surface area contributed by atoms with Gasteiger partial charge in [0.2, 0.25) is 0 Å². The third-order valence-corrected chi connectivity index (χ3v) is 4.76. The highest BCUT2D eigenvalue weighted by molar-refractivity contribution is 5.68. The van der Waals surface area contributed by atoms with E-state index >= 15 is 0 Å². The van der Waals surface area contributed by atoms with Gasteiger partial charge in [-0.3, -0.25) is 0 Å². The molecule has 2 heterocycles. The third-order valence-electron chi connectivity index (χ3n) is 4.76. The molecule has 7 N–H and O–H groups in total. The summed E-state index contributed by atoms with van der Waals surface area (Å²) in [4.78, 5) is 4.09. The van der Waals surface area contributed by atoms with Crippen LogP contribution in [0.5, 0.6) is 0 Å². The van der Waals surface area contributed by atoms with Crippen LogP contribution in [-0.2, 0) is 12.8 Å². The fourth-order valence-electron chi connectivity index (χ4n) is 3.34. The first kappa shape index (κ1) is 18.5. The molecule has 0 radical (unpaired) electrons. The van der Waals surface area contributed by atoms with E-state index in [4.69, 9.17) is 17.3 Å². The van der Waals surface area contributed by atoms with Crippen LogP contribution in [0.3, 0.4) is 0 Å². The molecule has 2 aromatic heterocycles. The van der Waals surface area contributed by atoms with Crippen molar-refractivity contribution in [3.63, 3.8) is 0 Å². The summed E-state index contributed by atoms with van der Waals surface area (Å²) in [7, 11) is 0. The number of nitrogens with one attached hydrogen (secondary N) is 1. The molecule has 0 bridgehead atoms. The van der Waals surface area contributed by atoms with Gasteiger partial charge in [0.1, 0.15) is 5.82 Å². The van der Waals surface area contributed by atoms with Crippen molar-refractivity contribution in [1.29, 1.82) is 0 Å². The number of nitrogens with zero attached hydrogens (tertiary/aromatic N) is 3. The number of hydrogen-bond acceptors (Lipinski definition) is 6. The lowest BCUT2D eigenvalue weighted by molar-refractivity contribution is 0.877. The van der Waals surface area contributed by atoms with Gasteiger partial charge in [0.25, 0.3) is 0 Å². The van der Waals surface area contributed by atoms with Gasteiger partial charge in [-0.15, -0.1) is 0 Å². The first-order valence-electron chi connectivity index (χ1n) is 9.30. The number of rotatable bonds is 6. The Morgan fingerprint density at radius 2 is 1.66 bits per heavy atom. The monoisotopic (exact) mass is 385 g/mol. The van der Waals surface area contributed by atoms with Crippen molar-refractivity contribution in [2.24, 2.45) is 5.84 Å². The van der Waals surface area contributed by atoms with Gasteiger partial charge in [0, 0.05) is 12.6 Å². The van der Waals surface area contributed by atoms with Crippen LogP contribution in [0.1, 0.15) is 22.3 Å². The number of hydrogen-bond donors (Lipinski definition) is 4. The van der Waals surface area contributed by atoms with Crippen LogP contribution in [-0.4, -0.2) is 14.8 Å². The molecular weight excluding hydrogens is 362 g/mol. The van der Waals surface area contributed by atoms with Gasteiger partial charge in [0.05, 0.1) is 17.6 Å². The van der Waals surface area contributed by atoms with Crippen molar-refractivity contribution >= 4 is 17.3 Å². The SMILES string of the molecule is NNc1nc(N)cc(Cc2cnn(-c3cccc(Cc4ccccc4)c3)c2)c1N. The average Bonchev–Trinajstić information content (AvgIpc) is 3.20. The molecule has 0 fully saturated rings. The zero-order chi connectivity index (χ0) is 20.2. The molecule has 2 aromatic carbocycles. The molecule has 0 saturated heterocycles. The predicted octanol–water partition coefficient (Wildman–Crippen LogP) is 2.90. The van der Waals surface area contributed by atoms with Crippen LogP contribution in [0.15, 0.2) is 73.1 Å². The molecular formula is C22H23N7. The Bertz CT molecular complexity index is 1120. The average molecular weight is 385 g/mol. The largest absolute Gasteiger partial charge is 0.395 e. The molecule has 7 heteroatoms. The van der Waals surface area contributed by atoms with E-state index in [2.05, 4.69) is 58.0 Å². The Kier molecular flexibility index (Phi) is 5.13. The van der Waals surface area contributed by atoms with Crippen molar-refractivity contribution in [2.45, 2.75) is 12.8 Å². The minimum atomic E-state index is 0.364. The normalized spacial score (nSPS) is 10.8. The fourth-order valence-corrected chi connectivity index (χ4v) is 3.34. The minimum Gasteiger partial charge on any atom is -0.395 e. The first-order chi connectivity index (χ1) is 14.1. The molecule has 0 amide bonds. The molecule has 7 nitrogen and oxygen atoms in total. The van der Waals surface area contributed by atoms with E-state index in [-0.39, 0.29) is 0 Å². The number of nitrogen functional groups attached to an aromatic ring is 3. The quantitative estimate of drug-likeness (QED) is 0.299. The van der Waals surface area contributed by atoms with Crippen LogP contribution in [0.4, 0.5) is 17.3 Å². The van der Waals surface area contributed by atoms with Crippen molar-refractivity contribution in [1.82, 2.24) is 14.8 Å². The second-order valence-electron chi connectivity index (χ2n) is 6.92. The van der Waals surface area contributed by atoms with Crippen LogP contribution in [0, 0.1) is 0 Å². The minimum absolute atomic E-state index is 0.364. The smallest absolute Gasteiger partial charge is 0.165 e. The maximum absolute atomic E-state index is 6.13. The summed E-state index contributed by atoms with van der Waals surface area (Å²) in [6, 6.07) is 20.5. The molecule has 146 valence electrons. The number of nitrogens with two attached hydrogens (primary N) is 3. The molecule has 0 aliphatic rings. The van der Waals surface area contributed by atoms with E-state index in [1.54, 1.807) is 6.07 Å². The third kappa shape index (κ3) is 4.20. The van der Waals surface area contributed by atoms with Crippen molar-refractivity contribution in [3.8, 4) is 5.69 Å².